The second kappa shape index (κ2) is 7.34. The van der Waals surface area contributed by atoms with Crippen LogP contribution in [-0.2, 0) is 0 Å². The standard InChI is InChI=1S/C14H29N3/c15-8-6-13-7-10-17(12-13)11-9-16-14-4-2-1-3-5-14/h13-14,16H,1-12,15H2. The minimum absolute atomic E-state index is 0.811. The number of nitrogens with two attached hydrogens (primary N) is 1. The predicted molar refractivity (Wildman–Crippen MR) is 73.1 cm³/mol. The number of hydrogen-bond donors (Lipinski definition) is 2. The summed E-state index contributed by atoms with van der Waals surface area (Å²) in [6.07, 6.45) is 9.68. The third kappa shape index (κ3) is 4.57. The quantitative estimate of drug-likeness (QED) is 0.739. The van der Waals surface area contributed by atoms with Gasteiger partial charge >= 0.3 is 0 Å². The average Bonchev–Trinajstić information content (AvgIpc) is 2.79. The molecule has 1 saturated carbocycles. The number of rotatable bonds is 6. The lowest BCUT2D eigenvalue weighted by Crippen LogP contribution is -2.37. The van der Waals surface area contributed by atoms with Gasteiger partial charge < -0.3 is 16.0 Å². The van der Waals surface area contributed by atoms with E-state index in [1.54, 1.807) is 0 Å². The van der Waals surface area contributed by atoms with Gasteiger partial charge in [-0.3, -0.25) is 0 Å². The first-order valence-electron chi connectivity index (χ1n) is 7.54. The molecule has 2 aliphatic rings. The Kier molecular flexibility index (Phi) is 5.75. The van der Waals surface area contributed by atoms with Gasteiger partial charge in [-0.25, -0.2) is 0 Å². The van der Waals surface area contributed by atoms with Gasteiger partial charge in [0.1, 0.15) is 0 Å². The van der Waals surface area contributed by atoms with Gasteiger partial charge in [-0.1, -0.05) is 19.3 Å². The molecule has 100 valence electrons. The van der Waals surface area contributed by atoms with Crippen molar-refractivity contribution in [3.63, 3.8) is 0 Å². The van der Waals surface area contributed by atoms with Gasteiger partial charge in [0.2, 0.25) is 0 Å². The molecule has 1 saturated heterocycles. The molecule has 1 atom stereocenters. The molecule has 3 nitrogen and oxygen atoms in total. The third-order valence-corrected chi connectivity index (χ3v) is 4.41. The zero-order valence-electron chi connectivity index (χ0n) is 11.2. The Morgan fingerprint density at radius 3 is 2.71 bits per heavy atom. The fourth-order valence-corrected chi connectivity index (χ4v) is 3.32. The van der Waals surface area contributed by atoms with Crippen molar-refractivity contribution in [1.82, 2.24) is 10.2 Å². The molecule has 1 aliphatic heterocycles. The molecule has 0 spiro atoms. The van der Waals surface area contributed by atoms with Gasteiger partial charge in [0.15, 0.2) is 0 Å². The summed E-state index contributed by atoms with van der Waals surface area (Å²) in [5.41, 5.74) is 5.62. The fourth-order valence-electron chi connectivity index (χ4n) is 3.32. The Morgan fingerprint density at radius 1 is 1.12 bits per heavy atom. The van der Waals surface area contributed by atoms with Crippen LogP contribution in [0.3, 0.4) is 0 Å². The topological polar surface area (TPSA) is 41.3 Å². The highest BCUT2D eigenvalue weighted by Gasteiger charge is 2.21. The molecule has 0 bridgehead atoms. The van der Waals surface area contributed by atoms with Gasteiger partial charge in [0.05, 0.1) is 0 Å². The molecule has 2 rings (SSSR count). The van der Waals surface area contributed by atoms with Gasteiger partial charge in [0, 0.05) is 25.7 Å². The molecule has 1 heterocycles. The van der Waals surface area contributed by atoms with Crippen LogP contribution in [0.1, 0.15) is 44.9 Å². The minimum atomic E-state index is 0.811. The van der Waals surface area contributed by atoms with E-state index in [9.17, 15) is 0 Å². The van der Waals surface area contributed by atoms with E-state index in [0.29, 0.717) is 0 Å². The van der Waals surface area contributed by atoms with Crippen LogP contribution in [0.4, 0.5) is 0 Å². The zero-order valence-corrected chi connectivity index (χ0v) is 11.2. The fraction of sp³-hybridized carbons (Fsp3) is 1.00. The first-order valence-corrected chi connectivity index (χ1v) is 7.54. The third-order valence-electron chi connectivity index (χ3n) is 4.41. The lowest BCUT2D eigenvalue weighted by atomic mass is 9.95. The van der Waals surface area contributed by atoms with Crippen LogP contribution in [0, 0.1) is 5.92 Å². The number of nitrogens with zero attached hydrogens (tertiary/aromatic N) is 1. The highest BCUT2D eigenvalue weighted by atomic mass is 15.2. The zero-order chi connectivity index (χ0) is 11.9. The summed E-state index contributed by atoms with van der Waals surface area (Å²) >= 11 is 0. The maximum atomic E-state index is 5.62. The summed E-state index contributed by atoms with van der Waals surface area (Å²) in [5, 5.41) is 3.73. The molecule has 3 heteroatoms. The Hall–Kier alpha value is -0.120. The van der Waals surface area contributed by atoms with Crippen LogP contribution >= 0.6 is 0 Å². The second-order valence-electron chi connectivity index (χ2n) is 5.82. The molecule has 2 fully saturated rings. The van der Waals surface area contributed by atoms with Gasteiger partial charge in [-0.15, -0.1) is 0 Å². The van der Waals surface area contributed by atoms with E-state index in [1.807, 2.05) is 0 Å². The van der Waals surface area contributed by atoms with Crippen LogP contribution in [0.15, 0.2) is 0 Å². The van der Waals surface area contributed by atoms with Crippen molar-refractivity contribution in [2.45, 2.75) is 51.0 Å². The maximum absolute atomic E-state index is 5.62. The monoisotopic (exact) mass is 239 g/mol. The molecule has 0 aromatic carbocycles. The Morgan fingerprint density at radius 2 is 1.94 bits per heavy atom. The van der Waals surface area contributed by atoms with Crippen molar-refractivity contribution in [1.29, 1.82) is 0 Å². The molecule has 0 amide bonds. The van der Waals surface area contributed by atoms with Crippen molar-refractivity contribution in [3.8, 4) is 0 Å². The first-order chi connectivity index (χ1) is 8.38. The molecule has 0 radical (unpaired) electrons. The summed E-state index contributed by atoms with van der Waals surface area (Å²) in [4.78, 5) is 2.61. The summed E-state index contributed by atoms with van der Waals surface area (Å²) in [6.45, 7) is 5.84. The highest BCUT2D eigenvalue weighted by Crippen LogP contribution is 2.19. The molecular formula is C14H29N3. The highest BCUT2D eigenvalue weighted by molar-refractivity contribution is 4.77. The van der Waals surface area contributed by atoms with Gasteiger partial charge in [-0.05, 0) is 44.7 Å². The summed E-state index contributed by atoms with van der Waals surface area (Å²) in [7, 11) is 0. The van der Waals surface area contributed by atoms with E-state index < -0.39 is 0 Å². The molecule has 1 unspecified atom stereocenters. The maximum Gasteiger partial charge on any atom is 0.0107 e. The first kappa shape index (κ1) is 13.3. The Bertz CT molecular complexity index is 202. The normalized spacial score (nSPS) is 27.7. The molecular weight excluding hydrogens is 210 g/mol. The van der Waals surface area contributed by atoms with Crippen molar-refractivity contribution in [2.24, 2.45) is 11.7 Å². The smallest absolute Gasteiger partial charge is 0.0107 e. The van der Waals surface area contributed by atoms with Crippen molar-refractivity contribution < 1.29 is 0 Å². The molecule has 0 aromatic rings. The van der Waals surface area contributed by atoms with Gasteiger partial charge in [-0.2, -0.15) is 0 Å². The van der Waals surface area contributed by atoms with Crippen molar-refractivity contribution in [3.05, 3.63) is 0 Å². The lowest BCUT2D eigenvalue weighted by molar-refractivity contribution is 0.298. The van der Waals surface area contributed by atoms with E-state index in [2.05, 4.69) is 10.2 Å². The second-order valence-corrected chi connectivity index (χ2v) is 5.82. The number of hydrogen-bond acceptors (Lipinski definition) is 3. The molecule has 17 heavy (non-hydrogen) atoms. The van der Waals surface area contributed by atoms with Crippen molar-refractivity contribution in [2.75, 3.05) is 32.7 Å². The van der Waals surface area contributed by atoms with Gasteiger partial charge in [0.25, 0.3) is 0 Å². The number of nitrogens with one attached hydrogen (secondary N) is 1. The average molecular weight is 239 g/mol. The molecule has 1 aliphatic carbocycles. The largest absolute Gasteiger partial charge is 0.330 e. The minimum Gasteiger partial charge on any atom is -0.330 e. The predicted octanol–water partition coefficient (Wildman–Crippen LogP) is 1.58. The van der Waals surface area contributed by atoms with Crippen LogP contribution in [-0.4, -0.2) is 43.7 Å². The Balaban J connectivity index is 1.53. The van der Waals surface area contributed by atoms with Crippen LogP contribution in [0.2, 0.25) is 0 Å². The summed E-state index contributed by atoms with van der Waals surface area (Å²) in [6, 6.07) is 0.811. The van der Waals surface area contributed by atoms with E-state index in [1.165, 1.54) is 71.1 Å². The summed E-state index contributed by atoms with van der Waals surface area (Å²) < 4.78 is 0. The van der Waals surface area contributed by atoms with E-state index in [0.717, 1.165) is 18.5 Å². The van der Waals surface area contributed by atoms with E-state index >= 15 is 0 Å². The van der Waals surface area contributed by atoms with Crippen LogP contribution < -0.4 is 11.1 Å². The summed E-state index contributed by atoms with van der Waals surface area (Å²) in [5.74, 6) is 0.870. The molecule has 3 N–H and O–H groups in total. The number of likely N-dealkylation sites (tertiary alicyclic amines) is 1. The van der Waals surface area contributed by atoms with Crippen LogP contribution in [0.5, 0.6) is 0 Å². The van der Waals surface area contributed by atoms with E-state index in [-0.39, 0.29) is 0 Å². The molecule has 0 aromatic heterocycles. The van der Waals surface area contributed by atoms with Crippen LogP contribution in [0.25, 0.3) is 0 Å². The SMILES string of the molecule is NCCC1CCN(CCNC2CCCCC2)C1. The van der Waals surface area contributed by atoms with Crippen molar-refractivity contribution >= 4 is 0 Å². The van der Waals surface area contributed by atoms with E-state index in [4.69, 9.17) is 5.73 Å². The Labute approximate surface area is 106 Å². The lowest BCUT2D eigenvalue weighted by Gasteiger charge is -2.24.